The second-order valence-corrected chi connectivity index (χ2v) is 7.16. The Morgan fingerprint density at radius 3 is 2.32 bits per heavy atom. The summed E-state index contributed by atoms with van der Waals surface area (Å²) in [7, 11) is 3.22. The lowest BCUT2D eigenvalue weighted by molar-refractivity contribution is 0.106. The van der Waals surface area contributed by atoms with Crippen molar-refractivity contribution in [3.8, 4) is 17.2 Å². The molecule has 3 aromatic rings. The third kappa shape index (κ3) is 6.19. The van der Waals surface area contributed by atoms with Gasteiger partial charge in [0.25, 0.3) is 0 Å². The van der Waals surface area contributed by atoms with Crippen molar-refractivity contribution in [2.45, 2.75) is 26.0 Å². The number of ketones is 1. The predicted molar refractivity (Wildman–Crippen MR) is 123 cm³/mol. The van der Waals surface area contributed by atoms with Crippen LogP contribution in [0.15, 0.2) is 77.8 Å². The predicted octanol–water partition coefficient (Wildman–Crippen LogP) is 5.17. The number of hydrogen-bond donors (Lipinski definition) is 0. The Hall–Kier alpha value is -3.60. The van der Waals surface area contributed by atoms with Crippen LogP contribution in [0.25, 0.3) is 0 Å². The molecule has 0 fully saturated rings. The number of carbonyl (C=O) groups is 1. The first-order valence-electron chi connectivity index (χ1n) is 10.1. The number of ether oxygens (including phenoxy) is 3. The van der Waals surface area contributed by atoms with E-state index in [4.69, 9.17) is 14.2 Å². The van der Waals surface area contributed by atoms with Gasteiger partial charge in [0.05, 0.1) is 32.0 Å². The number of carbonyl (C=O) groups excluding carboxylic acids is 1. The molecule has 0 aliphatic carbocycles. The minimum absolute atomic E-state index is 0.0700. The zero-order chi connectivity index (χ0) is 22.1. The molecule has 0 bridgehead atoms. The average molecular weight is 418 g/mol. The first kappa shape index (κ1) is 22.1. The highest BCUT2D eigenvalue weighted by atomic mass is 16.5. The minimum Gasteiger partial charge on any atom is -0.493 e. The van der Waals surface area contributed by atoms with Crippen molar-refractivity contribution >= 4 is 12.0 Å². The Morgan fingerprint density at radius 1 is 0.871 bits per heavy atom. The molecule has 0 aliphatic rings. The van der Waals surface area contributed by atoms with Gasteiger partial charge in [0.2, 0.25) is 5.78 Å². The van der Waals surface area contributed by atoms with Gasteiger partial charge in [-0.3, -0.25) is 9.79 Å². The molecule has 5 heteroatoms. The van der Waals surface area contributed by atoms with Crippen molar-refractivity contribution < 1.29 is 19.0 Å². The summed E-state index contributed by atoms with van der Waals surface area (Å²) < 4.78 is 16.5. The van der Waals surface area contributed by atoms with Crippen molar-refractivity contribution in [2.24, 2.45) is 4.99 Å². The third-order valence-corrected chi connectivity index (χ3v) is 4.82. The molecule has 160 valence electrons. The van der Waals surface area contributed by atoms with Crippen molar-refractivity contribution in [1.82, 2.24) is 0 Å². The maximum Gasteiger partial charge on any atom is 0.207 e. The number of para-hydroxylation sites is 1. The Labute approximate surface area is 183 Å². The van der Waals surface area contributed by atoms with Crippen LogP contribution in [-0.4, -0.2) is 32.3 Å². The van der Waals surface area contributed by atoms with Gasteiger partial charge in [0, 0.05) is 0 Å². The lowest BCUT2D eigenvalue weighted by Crippen LogP contribution is -2.09. The van der Waals surface area contributed by atoms with E-state index in [0.29, 0.717) is 35.8 Å². The van der Waals surface area contributed by atoms with Crippen molar-refractivity contribution in [1.29, 1.82) is 0 Å². The van der Waals surface area contributed by atoms with Crippen molar-refractivity contribution in [3.63, 3.8) is 0 Å². The van der Waals surface area contributed by atoms with Gasteiger partial charge in [-0.1, -0.05) is 48.5 Å². The van der Waals surface area contributed by atoms with Crippen LogP contribution in [0.3, 0.4) is 0 Å². The highest BCUT2D eigenvalue weighted by molar-refractivity contribution is 6.36. The van der Waals surface area contributed by atoms with E-state index < -0.39 is 0 Å². The number of nitrogens with zero attached hydrogens (tertiary/aromatic N) is 1. The molecule has 0 saturated heterocycles. The van der Waals surface area contributed by atoms with Crippen LogP contribution >= 0.6 is 0 Å². The summed E-state index contributed by atoms with van der Waals surface area (Å²) in [4.78, 5) is 17.2. The second kappa shape index (κ2) is 11.0. The zero-order valence-electron chi connectivity index (χ0n) is 18.1. The molecule has 0 aliphatic heterocycles. The van der Waals surface area contributed by atoms with Crippen LogP contribution in [0.1, 0.15) is 28.4 Å². The van der Waals surface area contributed by atoms with E-state index in [1.807, 2.05) is 67.6 Å². The standard InChI is InChI=1S/C26H27NO4/c1-19(15-21-13-14-25(29-2)26(16-21)30-3)27-17-23(28)22-11-7-8-12-24(22)31-18-20-9-5-4-6-10-20/h4-14,16-17,19H,15,18H2,1-3H3. The Balaban J connectivity index is 1.64. The van der Waals surface area contributed by atoms with Crippen LogP contribution in [0.2, 0.25) is 0 Å². The van der Waals surface area contributed by atoms with Crippen LogP contribution < -0.4 is 14.2 Å². The van der Waals surface area contributed by atoms with Gasteiger partial charge in [-0.15, -0.1) is 0 Å². The summed E-state index contributed by atoms with van der Waals surface area (Å²) in [6, 6.07) is 22.8. The van der Waals surface area contributed by atoms with Gasteiger partial charge < -0.3 is 14.2 Å². The van der Waals surface area contributed by atoms with Gasteiger partial charge in [0.15, 0.2) is 11.5 Å². The highest BCUT2D eigenvalue weighted by Crippen LogP contribution is 2.28. The fraction of sp³-hybridized carbons (Fsp3) is 0.231. The van der Waals surface area contributed by atoms with Crippen LogP contribution in [0.4, 0.5) is 0 Å². The molecule has 0 N–H and O–H groups in total. The Bertz CT molecular complexity index is 1030. The summed E-state index contributed by atoms with van der Waals surface area (Å²) in [5.74, 6) is 1.74. The monoisotopic (exact) mass is 417 g/mol. The smallest absolute Gasteiger partial charge is 0.207 e. The fourth-order valence-electron chi connectivity index (χ4n) is 3.20. The molecule has 0 spiro atoms. The molecule has 0 saturated carbocycles. The van der Waals surface area contributed by atoms with E-state index in [2.05, 4.69) is 4.99 Å². The summed E-state index contributed by atoms with van der Waals surface area (Å²) >= 11 is 0. The first-order valence-corrected chi connectivity index (χ1v) is 10.1. The quantitative estimate of drug-likeness (QED) is 0.337. The summed E-state index contributed by atoms with van der Waals surface area (Å²) in [6.07, 6.45) is 2.06. The van der Waals surface area contributed by atoms with E-state index in [1.54, 1.807) is 26.4 Å². The molecular weight excluding hydrogens is 390 g/mol. The lowest BCUT2D eigenvalue weighted by Gasteiger charge is -2.11. The number of aliphatic imine (C=N–C) groups is 1. The van der Waals surface area contributed by atoms with E-state index in [-0.39, 0.29) is 11.8 Å². The first-order chi connectivity index (χ1) is 15.1. The number of Topliss-reactive ketones (excluding diaryl/α,β-unsaturated/α-hetero) is 1. The number of rotatable bonds is 10. The summed E-state index contributed by atoms with van der Waals surface area (Å²) in [5, 5.41) is 0. The van der Waals surface area contributed by atoms with Gasteiger partial charge in [0.1, 0.15) is 12.4 Å². The lowest BCUT2D eigenvalue weighted by atomic mass is 10.1. The summed E-state index contributed by atoms with van der Waals surface area (Å²) in [5.41, 5.74) is 2.60. The zero-order valence-corrected chi connectivity index (χ0v) is 18.1. The van der Waals surface area contributed by atoms with E-state index >= 15 is 0 Å². The average Bonchev–Trinajstić information content (AvgIpc) is 2.82. The number of hydrogen-bond acceptors (Lipinski definition) is 5. The van der Waals surface area contributed by atoms with Gasteiger partial charge in [-0.25, -0.2) is 0 Å². The van der Waals surface area contributed by atoms with Crippen molar-refractivity contribution in [2.75, 3.05) is 14.2 Å². The molecular formula is C26H27NO4. The fourth-order valence-corrected chi connectivity index (χ4v) is 3.20. The van der Waals surface area contributed by atoms with Gasteiger partial charge >= 0.3 is 0 Å². The topological polar surface area (TPSA) is 57.1 Å². The van der Waals surface area contributed by atoms with Gasteiger partial charge in [-0.05, 0) is 48.7 Å². The maximum atomic E-state index is 12.8. The molecule has 0 heterocycles. The molecule has 0 amide bonds. The molecule has 1 unspecified atom stereocenters. The molecule has 5 nitrogen and oxygen atoms in total. The molecule has 0 radical (unpaired) electrons. The molecule has 31 heavy (non-hydrogen) atoms. The van der Waals surface area contributed by atoms with E-state index in [0.717, 1.165) is 11.1 Å². The molecule has 3 rings (SSSR count). The molecule has 1 atom stereocenters. The minimum atomic E-state index is -0.178. The van der Waals surface area contributed by atoms with E-state index in [9.17, 15) is 4.79 Å². The second-order valence-electron chi connectivity index (χ2n) is 7.16. The van der Waals surface area contributed by atoms with E-state index in [1.165, 1.54) is 6.21 Å². The van der Waals surface area contributed by atoms with Crippen LogP contribution in [0, 0.1) is 0 Å². The maximum absolute atomic E-state index is 12.8. The number of methoxy groups -OCH3 is 2. The molecule has 0 aromatic heterocycles. The van der Waals surface area contributed by atoms with Gasteiger partial charge in [-0.2, -0.15) is 0 Å². The molecule has 3 aromatic carbocycles. The Kier molecular flexibility index (Phi) is 7.82. The largest absolute Gasteiger partial charge is 0.493 e. The van der Waals surface area contributed by atoms with Crippen molar-refractivity contribution in [3.05, 3.63) is 89.5 Å². The van der Waals surface area contributed by atoms with Crippen LogP contribution in [-0.2, 0) is 13.0 Å². The number of benzene rings is 3. The normalized spacial score (nSPS) is 11.8. The third-order valence-electron chi connectivity index (χ3n) is 4.82. The highest BCUT2D eigenvalue weighted by Gasteiger charge is 2.12. The SMILES string of the molecule is COc1ccc(CC(C)N=CC(=O)c2ccccc2OCc2ccccc2)cc1OC. The summed E-state index contributed by atoms with van der Waals surface area (Å²) in [6.45, 7) is 2.37. The Morgan fingerprint density at radius 2 is 1.58 bits per heavy atom. The van der Waals surface area contributed by atoms with Crippen LogP contribution in [0.5, 0.6) is 17.2 Å².